The first-order valence-electron chi connectivity index (χ1n) is 9.36. The Bertz CT molecular complexity index is 747. The van der Waals surface area contributed by atoms with Crippen molar-refractivity contribution in [2.45, 2.75) is 46.0 Å². The Kier molecular flexibility index (Phi) is 7.56. The molecule has 0 aliphatic rings. The number of amides is 1. The fourth-order valence-corrected chi connectivity index (χ4v) is 2.61. The van der Waals surface area contributed by atoms with E-state index in [0.717, 1.165) is 16.9 Å². The molecule has 2 aromatic rings. The summed E-state index contributed by atoms with van der Waals surface area (Å²) >= 11 is 0. The molecule has 0 unspecified atom stereocenters. The third kappa shape index (κ3) is 6.19. The molecule has 6 heteroatoms. The molecule has 0 saturated carbocycles. The van der Waals surface area contributed by atoms with Gasteiger partial charge in [0.2, 0.25) is 5.91 Å². The van der Waals surface area contributed by atoms with E-state index in [9.17, 15) is 4.79 Å². The average Bonchev–Trinajstić information content (AvgIpc) is 3.02. The van der Waals surface area contributed by atoms with Crippen LogP contribution >= 0.6 is 0 Å². The molecule has 0 saturated heterocycles. The standard InChI is InChI=1S/C21H31N3O3/c1-16-9-6-7-10-17(16)24-19(15-18(23-24)21(2,3)4)22-20(25)11-8-12-27-14-13-26-5/h6-7,9-10,15H,8,11-14H2,1-5H3,(H,22,25). The second-order valence-electron chi connectivity index (χ2n) is 7.62. The highest BCUT2D eigenvalue weighted by Crippen LogP contribution is 2.27. The summed E-state index contributed by atoms with van der Waals surface area (Å²) in [5, 5.41) is 7.77. The van der Waals surface area contributed by atoms with Crippen LogP contribution in [-0.2, 0) is 19.7 Å². The molecular weight excluding hydrogens is 342 g/mol. The van der Waals surface area contributed by atoms with E-state index >= 15 is 0 Å². The van der Waals surface area contributed by atoms with Crippen molar-refractivity contribution in [1.82, 2.24) is 9.78 Å². The van der Waals surface area contributed by atoms with Crippen molar-refractivity contribution in [3.8, 4) is 5.69 Å². The third-order valence-corrected chi connectivity index (χ3v) is 4.21. The van der Waals surface area contributed by atoms with E-state index in [1.54, 1.807) is 7.11 Å². The van der Waals surface area contributed by atoms with Crippen molar-refractivity contribution < 1.29 is 14.3 Å². The quantitative estimate of drug-likeness (QED) is 0.678. The molecule has 1 aromatic carbocycles. The smallest absolute Gasteiger partial charge is 0.225 e. The normalized spacial score (nSPS) is 11.6. The van der Waals surface area contributed by atoms with Gasteiger partial charge in [-0.05, 0) is 25.0 Å². The number of rotatable bonds is 9. The molecule has 0 spiro atoms. The molecule has 0 aliphatic carbocycles. The van der Waals surface area contributed by atoms with Gasteiger partial charge in [-0.1, -0.05) is 39.0 Å². The number of carbonyl (C=O) groups is 1. The van der Waals surface area contributed by atoms with E-state index < -0.39 is 0 Å². The first kappa shape index (κ1) is 21.1. The number of nitrogens with one attached hydrogen (secondary N) is 1. The number of aromatic nitrogens is 2. The summed E-state index contributed by atoms with van der Waals surface area (Å²) in [6, 6.07) is 9.98. The van der Waals surface area contributed by atoms with Gasteiger partial charge in [0, 0.05) is 31.6 Å². The lowest BCUT2D eigenvalue weighted by atomic mass is 9.92. The van der Waals surface area contributed by atoms with E-state index in [0.29, 0.717) is 38.5 Å². The summed E-state index contributed by atoms with van der Waals surface area (Å²) < 4.78 is 12.2. The molecule has 0 bridgehead atoms. The number of benzene rings is 1. The predicted molar refractivity (Wildman–Crippen MR) is 108 cm³/mol. The van der Waals surface area contributed by atoms with Crippen LogP contribution < -0.4 is 5.32 Å². The van der Waals surface area contributed by atoms with Gasteiger partial charge < -0.3 is 14.8 Å². The van der Waals surface area contributed by atoms with Gasteiger partial charge in [0.1, 0.15) is 5.82 Å². The van der Waals surface area contributed by atoms with Crippen LogP contribution in [0.3, 0.4) is 0 Å². The lowest BCUT2D eigenvalue weighted by Crippen LogP contribution is -2.16. The molecule has 0 atom stereocenters. The number of ether oxygens (including phenoxy) is 2. The lowest BCUT2D eigenvalue weighted by Gasteiger charge is -2.14. The Labute approximate surface area is 161 Å². The zero-order valence-corrected chi connectivity index (χ0v) is 17.0. The number of aryl methyl sites for hydroxylation is 1. The van der Waals surface area contributed by atoms with Crippen molar-refractivity contribution in [1.29, 1.82) is 0 Å². The highest BCUT2D eigenvalue weighted by molar-refractivity contribution is 5.90. The topological polar surface area (TPSA) is 65.4 Å². The maximum absolute atomic E-state index is 12.4. The SMILES string of the molecule is COCCOCCCC(=O)Nc1cc(C(C)(C)C)nn1-c1ccccc1C. The number of carbonyl (C=O) groups excluding carboxylic acids is 1. The first-order valence-corrected chi connectivity index (χ1v) is 9.36. The van der Waals surface area contributed by atoms with E-state index in [2.05, 4.69) is 26.1 Å². The molecule has 0 aliphatic heterocycles. The van der Waals surface area contributed by atoms with Crippen LogP contribution in [0.15, 0.2) is 30.3 Å². The number of hydrogen-bond donors (Lipinski definition) is 1. The Morgan fingerprint density at radius 3 is 2.59 bits per heavy atom. The Balaban J connectivity index is 2.10. The van der Waals surface area contributed by atoms with Crippen molar-refractivity contribution in [3.05, 3.63) is 41.6 Å². The summed E-state index contributed by atoms with van der Waals surface area (Å²) in [6.07, 6.45) is 1.07. The minimum Gasteiger partial charge on any atom is -0.382 e. The summed E-state index contributed by atoms with van der Waals surface area (Å²) in [5.74, 6) is 0.653. The fraction of sp³-hybridized carbons (Fsp3) is 0.524. The van der Waals surface area contributed by atoms with Crippen molar-refractivity contribution in [2.75, 3.05) is 32.2 Å². The van der Waals surface area contributed by atoms with Gasteiger partial charge in [-0.15, -0.1) is 0 Å². The second-order valence-corrected chi connectivity index (χ2v) is 7.62. The molecule has 0 fully saturated rings. The number of methoxy groups -OCH3 is 1. The molecule has 1 amide bonds. The number of para-hydroxylation sites is 1. The Morgan fingerprint density at radius 1 is 1.19 bits per heavy atom. The summed E-state index contributed by atoms with van der Waals surface area (Å²) in [6.45, 7) is 10.0. The molecule has 6 nitrogen and oxygen atoms in total. The maximum Gasteiger partial charge on any atom is 0.225 e. The lowest BCUT2D eigenvalue weighted by molar-refractivity contribution is -0.116. The van der Waals surface area contributed by atoms with Gasteiger partial charge >= 0.3 is 0 Å². The Morgan fingerprint density at radius 2 is 1.93 bits per heavy atom. The number of nitrogens with zero attached hydrogens (tertiary/aromatic N) is 2. The van der Waals surface area contributed by atoms with Gasteiger partial charge in [0.05, 0.1) is 24.6 Å². The van der Waals surface area contributed by atoms with Crippen molar-refractivity contribution in [3.63, 3.8) is 0 Å². The number of anilines is 1. The molecule has 148 valence electrons. The Hall–Kier alpha value is -2.18. The van der Waals surface area contributed by atoms with Crippen LogP contribution in [0, 0.1) is 6.92 Å². The maximum atomic E-state index is 12.4. The predicted octanol–water partition coefficient (Wildman–Crippen LogP) is 3.86. The summed E-state index contributed by atoms with van der Waals surface area (Å²) in [5.41, 5.74) is 2.89. The molecular formula is C21H31N3O3. The molecule has 1 aromatic heterocycles. The minimum absolute atomic E-state index is 0.0412. The van der Waals surface area contributed by atoms with Crippen LogP contribution in [0.2, 0.25) is 0 Å². The molecule has 2 rings (SSSR count). The van der Waals surface area contributed by atoms with E-state index in [1.807, 2.05) is 41.9 Å². The summed E-state index contributed by atoms with van der Waals surface area (Å²) in [4.78, 5) is 12.4. The zero-order chi connectivity index (χ0) is 19.9. The van der Waals surface area contributed by atoms with Gasteiger partial charge in [-0.3, -0.25) is 4.79 Å². The van der Waals surface area contributed by atoms with Crippen LogP contribution in [0.25, 0.3) is 5.69 Å². The monoisotopic (exact) mass is 373 g/mol. The van der Waals surface area contributed by atoms with Crippen molar-refractivity contribution in [2.24, 2.45) is 0 Å². The minimum atomic E-state index is -0.109. The summed E-state index contributed by atoms with van der Waals surface area (Å²) in [7, 11) is 1.64. The van der Waals surface area contributed by atoms with E-state index in [-0.39, 0.29) is 11.3 Å². The molecule has 1 heterocycles. The highest BCUT2D eigenvalue weighted by atomic mass is 16.5. The zero-order valence-electron chi connectivity index (χ0n) is 17.0. The van der Waals surface area contributed by atoms with Crippen LogP contribution in [0.5, 0.6) is 0 Å². The van der Waals surface area contributed by atoms with Gasteiger partial charge in [-0.25, -0.2) is 4.68 Å². The first-order chi connectivity index (χ1) is 12.8. The largest absolute Gasteiger partial charge is 0.382 e. The fourth-order valence-electron chi connectivity index (χ4n) is 2.61. The van der Waals surface area contributed by atoms with Gasteiger partial charge in [-0.2, -0.15) is 5.10 Å². The highest BCUT2D eigenvalue weighted by Gasteiger charge is 2.21. The van der Waals surface area contributed by atoms with E-state index in [4.69, 9.17) is 14.6 Å². The number of hydrogen-bond acceptors (Lipinski definition) is 4. The van der Waals surface area contributed by atoms with Crippen molar-refractivity contribution >= 4 is 11.7 Å². The molecule has 1 N–H and O–H groups in total. The molecule has 27 heavy (non-hydrogen) atoms. The van der Waals surface area contributed by atoms with Gasteiger partial charge in [0.15, 0.2) is 0 Å². The molecule has 0 radical (unpaired) electrons. The third-order valence-electron chi connectivity index (χ3n) is 4.21. The van der Waals surface area contributed by atoms with E-state index in [1.165, 1.54) is 0 Å². The average molecular weight is 373 g/mol. The van der Waals surface area contributed by atoms with Crippen LogP contribution in [-0.4, -0.2) is 42.6 Å². The van der Waals surface area contributed by atoms with Crippen LogP contribution in [0.1, 0.15) is 44.9 Å². The second kappa shape index (κ2) is 9.67. The van der Waals surface area contributed by atoms with Crippen LogP contribution in [0.4, 0.5) is 5.82 Å². The van der Waals surface area contributed by atoms with Gasteiger partial charge in [0.25, 0.3) is 0 Å².